The molecular formula is C19H23ClN2O3S. The molecule has 0 heterocycles. The monoisotopic (exact) mass is 394 g/mol. The fourth-order valence-electron chi connectivity index (χ4n) is 2.23. The number of amides is 1. The van der Waals surface area contributed by atoms with E-state index in [2.05, 4.69) is 10.0 Å². The number of benzene rings is 2. The topological polar surface area (TPSA) is 75.3 Å². The van der Waals surface area contributed by atoms with Crippen LogP contribution >= 0.6 is 11.6 Å². The lowest BCUT2D eigenvalue weighted by Gasteiger charge is -2.18. The second-order valence-corrected chi connectivity index (χ2v) is 8.68. The molecule has 0 aliphatic heterocycles. The van der Waals surface area contributed by atoms with Crippen molar-refractivity contribution < 1.29 is 13.2 Å². The zero-order valence-corrected chi connectivity index (χ0v) is 16.8. The molecule has 0 unspecified atom stereocenters. The summed E-state index contributed by atoms with van der Waals surface area (Å²) in [6.07, 6.45) is 0. The SMILES string of the molecule is Cc1cccc(NS(=O)(=O)c2cc(C(=O)N[C@@H](C)C(C)C)ccc2Cl)c1. The van der Waals surface area contributed by atoms with Crippen LogP contribution in [0.4, 0.5) is 5.69 Å². The molecule has 5 nitrogen and oxygen atoms in total. The first-order valence-electron chi connectivity index (χ1n) is 8.30. The first-order chi connectivity index (χ1) is 12.1. The zero-order valence-electron chi connectivity index (χ0n) is 15.2. The van der Waals surface area contributed by atoms with E-state index in [1.165, 1.54) is 18.2 Å². The molecule has 0 aromatic heterocycles. The molecule has 0 bridgehead atoms. The number of carbonyl (C=O) groups is 1. The predicted molar refractivity (Wildman–Crippen MR) is 105 cm³/mol. The zero-order chi connectivity index (χ0) is 19.5. The van der Waals surface area contributed by atoms with E-state index >= 15 is 0 Å². The Morgan fingerprint density at radius 2 is 1.77 bits per heavy atom. The van der Waals surface area contributed by atoms with Gasteiger partial charge in [-0.05, 0) is 55.7 Å². The maximum Gasteiger partial charge on any atom is 0.263 e. The molecule has 2 rings (SSSR count). The van der Waals surface area contributed by atoms with E-state index in [0.717, 1.165) is 5.56 Å². The van der Waals surface area contributed by atoms with Crippen LogP contribution in [-0.2, 0) is 10.0 Å². The van der Waals surface area contributed by atoms with Crippen molar-refractivity contribution in [3.05, 3.63) is 58.6 Å². The van der Waals surface area contributed by atoms with Gasteiger partial charge < -0.3 is 5.32 Å². The second kappa shape index (κ2) is 8.10. The molecule has 2 aromatic carbocycles. The molecule has 0 radical (unpaired) electrons. The third-order valence-electron chi connectivity index (χ3n) is 4.11. The summed E-state index contributed by atoms with van der Waals surface area (Å²) in [4.78, 5) is 12.2. The van der Waals surface area contributed by atoms with Gasteiger partial charge in [-0.1, -0.05) is 37.6 Å². The number of halogens is 1. The van der Waals surface area contributed by atoms with Crippen LogP contribution in [0.15, 0.2) is 47.4 Å². The van der Waals surface area contributed by atoms with Gasteiger partial charge in [-0.25, -0.2) is 8.42 Å². The molecule has 2 aromatic rings. The van der Waals surface area contributed by atoms with Crippen molar-refractivity contribution in [2.45, 2.75) is 38.6 Å². The van der Waals surface area contributed by atoms with Gasteiger partial charge in [0.1, 0.15) is 4.90 Å². The summed E-state index contributed by atoms with van der Waals surface area (Å²) in [7, 11) is -3.92. The van der Waals surface area contributed by atoms with Crippen LogP contribution < -0.4 is 10.0 Å². The fourth-order valence-corrected chi connectivity index (χ4v) is 3.80. The number of rotatable bonds is 6. The van der Waals surface area contributed by atoms with Crippen molar-refractivity contribution in [2.24, 2.45) is 5.92 Å². The molecule has 140 valence electrons. The minimum Gasteiger partial charge on any atom is -0.349 e. The molecule has 0 fully saturated rings. The van der Waals surface area contributed by atoms with Crippen molar-refractivity contribution >= 4 is 33.2 Å². The number of nitrogens with one attached hydrogen (secondary N) is 2. The molecule has 1 atom stereocenters. The average Bonchev–Trinajstić information content (AvgIpc) is 2.54. The summed E-state index contributed by atoms with van der Waals surface area (Å²) in [5.74, 6) is -0.0766. The van der Waals surface area contributed by atoms with E-state index in [4.69, 9.17) is 11.6 Å². The van der Waals surface area contributed by atoms with Crippen LogP contribution in [0.1, 0.15) is 36.7 Å². The first-order valence-corrected chi connectivity index (χ1v) is 10.2. The smallest absolute Gasteiger partial charge is 0.263 e. The lowest BCUT2D eigenvalue weighted by Crippen LogP contribution is -2.36. The Kier molecular flexibility index (Phi) is 6.31. The highest BCUT2D eigenvalue weighted by molar-refractivity contribution is 7.92. The summed E-state index contributed by atoms with van der Waals surface area (Å²) in [6, 6.07) is 11.2. The molecule has 7 heteroatoms. The van der Waals surface area contributed by atoms with Gasteiger partial charge in [-0.2, -0.15) is 0 Å². The molecule has 0 aliphatic carbocycles. The maximum atomic E-state index is 12.7. The predicted octanol–water partition coefficient (Wildman–Crippen LogP) is 4.22. The molecule has 0 spiro atoms. The van der Waals surface area contributed by atoms with Crippen molar-refractivity contribution in [2.75, 3.05) is 4.72 Å². The second-order valence-electron chi connectivity index (χ2n) is 6.63. The van der Waals surface area contributed by atoms with E-state index in [1.54, 1.807) is 18.2 Å². The minimum atomic E-state index is -3.92. The Labute approximate surface area is 159 Å². The summed E-state index contributed by atoms with van der Waals surface area (Å²) in [5, 5.41) is 2.91. The third-order valence-corrected chi connectivity index (χ3v) is 5.97. The highest BCUT2D eigenvalue weighted by Gasteiger charge is 2.21. The van der Waals surface area contributed by atoms with Crippen LogP contribution in [0.2, 0.25) is 5.02 Å². The number of hydrogen-bond acceptors (Lipinski definition) is 3. The van der Waals surface area contributed by atoms with Gasteiger partial charge >= 0.3 is 0 Å². The van der Waals surface area contributed by atoms with Crippen molar-refractivity contribution in [3.8, 4) is 0 Å². The summed E-state index contributed by atoms with van der Waals surface area (Å²) in [6.45, 7) is 7.75. The standard InChI is InChI=1S/C19H23ClN2O3S/c1-12(2)14(4)21-19(23)15-8-9-17(20)18(11-15)26(24,25)22-16-7-5-6-13(3)10-16/h5-12,14,22H,1-4H3,(H,21,23)/t14-/m0/s1. The van der Waals surface area contributed by atoms with E-state index in [0.29, 0.717) is 5.69 Å². The minimum absolute atomic E-state index is 0.0383. The van der Waals surface area contributed by atoms with Gasteiger partial charge in [0.15, 0.2) is 0 Å². The molecule has 2 N–H and O–H groups in total. The van der Waals surface area contributed by atoms with Crippen molar-refractivity contribution in [1.82, 2.24) is 5.32 Å². The summed E-state index contributed by atoms with van der Waals surface area (Å²) in [5.41, 5.74) is 1.60. The maximum absolute atomic E-state index is 12.7. The quantitative estimate of drug-likeness (QED) is 0.770. The Morgan fingerprint density at radius 1 is 1.08 bits per heavy atom. The normalized spacial score (nSPS) is 12.7. The largest absolute Gasteiger partial charge is 0.349 e. The van der Waals surface area contributed by atoms with Gasteiger partial charge in [0.2, 0.25) is 0 Å². The van der Waals surface area contributed by atoms with E-state index in [9.17, 15) is 13.2 Å². The van der Waals surface area contributed by atoms with E-state index < -0.39 is 10.0 Å². The Bertz CT molecular complexity index is 911. The lowest BCUT2D eigenvalue weighted by atomic mass is 10.1. The number of anilines is 1. The van der Waals surface area contributed by atoms with Crippen LogP contribution in [-0.4, -0.2) is 20.4 Å². The Balaban J connectivity index is 2.32. The number of aryl methyl sites for hydroxylation is 1. The Morgan fingerprint density at radius 3 is 2.38 bits per heavy atom. The fraction of sp³-hybridized carbons (Fsp3) is 0.316. The molecule has 0 saturated heterocycles. The van der Waals surface area contributed by atoms with Crippen LogP contribution in [0.25, 0.3) is 0 Å². The molecule has 0 saturated carbocycles. The third kappa shape index (κ3) is 4.99. The van der Waals surface area contributed by atoms with Crippen molar-refractivity contribution in [3.63, 3.8) is 0 Å². The number of sulfonamides is 1. The lowest BCUT2D eigenvalue weighted by molar-refractivity contribution is 0.0930. The van der Waals surface area contributed by atoms with Gasteiger partial charge in [-0.3, -0.25) is 9.52 Å². The summed E-state index contributed by atoms with van der Waals surface area (Å²) < 4.78 is 27.9. The van der Waals surface area contributed by atoms with E-state index in [1.807, 2.05) is 33.8 Å². The number of hydrogen-bond donors (Lipinski definition) is 2. The summed E-state index contributed by atoms with van der Waals surface area (Å²) >= 11 is 6.09. The first kappa shape index (κ1) is 20.3. The highest BCUT2D eigenvalue weighted by atomic mass is 35.5. The van der Waals surface area contributed by atoms with Crippen LogP contribution in [0.5, 0.6) is 0 Å². The van der Waals surface area contributed by atoms with Crippen LogP contribution in [0.3, 0.4) is 0 Å². The van der Waals surface area contributed by atoms with Gasteiger partial charge in [0.05, 0.1) is 5.02 Å². The molecular weight excluding hydrogens is 372 g/mol. The van der Waals surface area contributed by atoms with Gasteiger partial charge in [-0.15, -0.1) is 0 Å². The number of carbonyl (C=O) groups excluding carboxylic acids is 1. The molecule has 0 aliphatic rings. The Hall–Kier alpha value is -2.05. The van der Waals surface area contributed by atoms with E-state index in [-0.39, 0.29) is 33.3 Å². The average molecular weight is 395 g/mol. The highest BCUT2D eigenvalue weighted by Crippen LogP contribution is 2.25. The van der Waals surface area contributed by atoms with Gasteiger partial charge in [0, 0.05) is 17.3 Å². The van der Waals surface area contributed by atoms with Crippen LogP contribution in [0, 0.1) is 12.8 Å². The molecule has 1 amide bonds. The van der Waals surface area contributed by atoms with Crippen molar-refractivity contribution in [1.29, 1.82) is 0 Å². The molecule has 26 heavy (non-hydrogen) atoms. The van der Waals surface area contributed by atoms with Gasteiger partial charge in [0.25, 0.3) is 15.9 Å².